The molecule has 2 heterocycles. The summed E-state index contributed by atoms with van der Waals surface area (Å²) in [6.45, 7) is 8.14. The van der Waals surface area contributed by atoms with Crippen molar-refractivity contribution in [2.24, 2.45) is 0 Å². The van der Waals surface area contributed by atoms with Crippen LogP contribution in [0.3, 0.4) is 0 Å². The molecule has 1 aromatic heterocycles. The lowest BCUT2D eigenvalue weighted by Gasteiger charge is -2.32. The number of fused-ring (bicyclic) bond motifs is 1. The van der Waals surface area contributed by atoms with Gasteiger partial charge < -0.3 is 33.6 Å². The molecule has 0 spiro atoms. The number of methoxy groups -OCH3 is 2. The van der Waals surface area contributed by atoms with Crippen molar-refractivity contribution in [2.45, 2.75) is 58.0 Å². The normalized spacial score (nSPS) is 16.9. The molecule has 0 amide bonds. The van der Waals surface area contributed by atoms with Crippen LogP contribution in [0.15, 0.2) is 72.8 Å². The molecule has 0 bridgehead atoms. The van der Waals surface area contributed by atoms with Crippen molar-refractivity contribution in [3.63, 3.8) is 0 Å². The van der Waals surface area contributed by atoms with E-state index in [0.29, 0.717) is 32.3 Å². The fourth-order valence-corrected chi connectivity index (χ4v) is 5.95. The SMILES string of the molecule is COCCCn1c(C)cc2ccc(COC3CNCCC3c3ccc(OCCCOCc4ccccc4OC)cc3)cc21. The number of nitrogens with one attached hydrogen (secondary N) is 1. The fraction of sp³-hybridized carbons (Fsp3) is 0.444. The summed E-state index contributed by atoms with van der Waals surface area (Å²) in [4.78, 5) is 0. The fourth-order valence-electron chi connectivity index (χ4n) is 5.95. The van der Waals surface area contributed by atoms with Crippen LogP contribution in [-0.2, 0) is 34.0 Å². The molecule has 1 aliphatic rings. The van der Waals surface area contributed by atoms with Crippen molar-refractivity contribution in [3.05, 3.63) is 95.2 Å². The zero-order chi connectivity index (χ0) is 29.9. The van der Waals surface area contributed by atoms with Gasteiger partial charge in [0, 0.05) is 55.9 Å². The van der Waals surface area contributed by atoms with E-state index in [9.17, 15) is 0 Å². The largest absolute Gasteiger partial charge is 0.496 e. The van der Waals surface area contributed by atoms with E-state index < -0.39 is 0 Å². The average molecular weight is 587 g/mol. The third-order valence-corrected chi connectivity index (χ3v) is 8.26. The lowest BCUT2D eigenvalue weighted by Crippen LogP contribution is -2.40. The van der Waals surface area contributed by atoms with Gasteiger partial charge >= 0.3 is 0 Å². The number of benzene rings is 3. The van der Waals surface area contributed by atoms with Gasteiger partial charge in [0.15, 0.2) is 0 Å². The Balaban J connectivity index is 1.10. The maximum Gasteiger partial charge on any atom is 0.124 e. The van der Waals surface area contributed by atoms with Gasteiger partial charge in [0.25, 0.3) is 0 Å². The summed E-state index contributed by atoms with van der Waals surface area (Å²) in [7, 11) is 3.44. The van der Waals surface area contributed by atoms with Crippen molar-refractivity contribution in [3.8, 4) is 11.5 Å². The Morgan fingerprint density at radius 2 is 1.74 bits per heavy atom. The molecule has 43 heavy (non-hydrogen) atoms. The summed E-state index contributed by atoms with van der Waals surface area (Å²) in [6, 6.07) is 25.5. The minimum atomic E-state index is 0.117. The van der Waals surface area contributed by atoms with Crippen molar-refractivity contribution in [1.29, 1.82) is 0 Å². The Bertz CT molecular complexity index is 1420. The number of para-hydroxylation sites is 1. The number of aryl methyl sites for hydroxylation is 2. The van der Waals surface area contributed by atoms with E-state index in [0.717, 1.165) is 62.6 Å². The maximum atomic E-state index is 6.56. The second kappa shape index (κ2) is 15.9. The Morgan fingerprint density at radius 1 is 0.884 bits per heavy atom. The lowest BCUT2D eigenvalue weighted by molar-refractivity contribution is 0.0106. The van der Waals surface area contributed by atoms with Gasteiger partial charge in [-0.3, -0.25) is 0 Å². The standard InChI is InChI=1S/C36H46N2O5/c1-27-22-30-11-10-28(23-34(30)38(27)18-6-19-39-2)25-43-36-24-37-17-16-33(36)29-12-14-32(15-13-29)42-21-7-20-41-26-31-8-4-5-9-35(31)40-3/h4-5,8-15,22-23,33,36-37H,6-7,16-21,24-26H2,1-3H3. The van der Waals surface area contributed by atoms with Gasteiger partial charge in [0.05, 0.1) is 39.6 Å². The van der Waals surface area contributed by atoms with Gasteiger partial charge in [-0.05, 0) is 73.2 Å². The summed E-state index contributed by atoms with van der Waals surface area (Å²) in [5.74, 6) is 2.09. The summed E-state index contributed by atoms with van der Waals surface area (Å²) in [5, 5.41) is 4.81. The molecule has 7 heteroatoms. The molecule has 1 aliphatic heterocycles. The van der Waals surface area contributed by atoms with E-state index in [-0.39, 0.29) is 6.10 Å². The van der Waals surface area contributed by atoms with Gasteiger partial charge in [-0.15, -0.1) is 0 Å². The number of nitrogens with zero attached hydrogens (tertiary/aromatic N) is 1. The van der Waals surface area contributed by atoms with Crippen LogP contribution in [0.25, 0.3) is 10.9 Å². The zero-order valence-electron chi connectivity index (χ0n) is 25.8. The van der Waals surface area contributed by atoms with Gasteiger partial charge in [-0.2, -0.15) is 0 Å². The quantitative estimate of drug-likeness (QED) is 0.149. The Labute approximate surface area is 256 Å². The van der Waals surface area contributed by atoms with E-state index in [1.54, 1.807) is 14.2 Å². The Morgan fingerprint density at radius 3 is 2.58 bits per heavy atom. The second-order valence-electron chi connectivity index (χ2n) is 11.3. The molecule has 2 atom stereocenters. The highest BCUT2D eigenvalue weighted by Gasteiger charge is 2.27. The molecule has 4 aromatic rings. The highest BCUT2D eigenvalue weighted by Crippen LogP contribution is 2.30. The van der Waals surface area contributed by atoms with Crippen LogP contribution in [0.4, 0.5) is 0 Å². The molecule has 2 unspecified atom stereocenters. The molecule has 7 nitrogen and oxygen atoms in total. The van der Waals surface area contributed by atoms with Crippen molar-refractivity contribution in [1.82, 2.24) is 9.88 Å². The number of rotatable bonds is 16. The second-order valence-corrected chi connectivity index (χ2v) is 11.3. The molecule has 0 saturated carbocycles. The average Bonchev–Trinajstić information content (AvgIpc) is 3.36. The molecule has 0 aliphatic carbocycles. The van der Waals surface area contributed by atoms with Crippen LogP contribution in [0.1, 0.15) is 47.6 Å². The number of hydrogen-bond donors (Lipinski definition) is 1. The first-order valence-corrected chi connectivity index (χ1v) is 15.5. The first-order chi connectivity index (χ1) is 21.2. The van der Waals surface area contributed by atoms with Crippen molar-refractivity contribution in [2.75, 3.05) is 47.1 Å². The molecule has 0 radical (unpaired) electrons. The van der Waals surface area contributed by atoms with Crippen molar-refractivity contribution >= 4 is 10.9 Å². The first kappa shape index (κ1) is 31.1. The maximum absolute atomic E-state index is 6.56. The number of piperidine rings is 1. The van der Waals surface area contributed by atoms with Gasteiger partial charge in [0.1, 0.15) is 11.5 Å². The Kier molecular flexibility index (Phi) is 11.5. The predicted octanol–water partition coefficient (Wildman–Crippen LogP) is 6.64. The van der Waals surface area contributed by atoms with Crippen LogP contribution in [0, 0.1) is 6.92 Å². The van der Waals surface area contributed by atoms with E-state index in [1.165, 1.54) is 27.7 Å². The molecular weight excluding hydrogens is 540 g/mol. The third kappa shape index (κ3) is 8.39. The third-order valence-electron chi connectivity index (χ3n) is 8.26. The van der Waals surface area contributed by atoms with Crippen LogP contribution in [0.2, 0.25) is 0 Å². The predicted molar refractivity (Wildman–Crippen MR) is 171 cm³/mol. The van der Waals surface area contributed by atoms with Crippen LogP contribution in [0.5, 0.6) is 11.5 Å². The topological polar surface area (TPSA) is 63.1 Å². The first-order valence-electron chi connectivity index (χ1n) is 15.5. The highest BCUT2D eigenvalue weighted by molar-refractivity contribution is 5.82. The van der Waals surface area contributed by atoms with Crippen molar-refractivity contribution < 1.29 is 23.7 Å². The van der Waals surface area contributed by atoms with Gasteiger partial charge in [0.2, 0.25) is 0 Å². The molecular formula is C36H46N2O5. The molecule has 1 fully saturated rings. The molecule has 230 valence electrons. The number of hydrogen-bond acceptors (Lipinski definition) is 6. The van der Waals surface area contributed by atoms with E-state index >= 15 is 0 Å². The molecule has 1 N–H and O–H groups in total. The molecule has 3 aromatic carbocycles. The number of aromatic nitrogens is 1. The Hall–Kier alpha value is -3.36. The minimum Gasteiger partial charge on any atom is -0.496 e. The van der Waals surface area contributed by atoms with E-state index in [4.69, 9.17) is 23.7 Å². The summed E-state index contributed by atoms with van der Waals surface area (Å²) < 4.78 is 31.4. The monoisotopic (exact) mass is 586 g/mol. The van der Waals surface area contributed by atoms with Gasteiger partial charge in [-0.1, -0.05) is 42.5 Å². The van der Waals surface area contributed by atoms with Crippen LogP contribution < -0.4 is 14.8 Å². The molecule has 1 saturated heterocycles. The smallest absolute Gasteiger partial charge is 0.124 e. The van der Waals surface area contributed by atoms with E-state index in [1.807, 2.05) is 24.3 Å². The van der Waals surface area contributed by atoms with Crippen LogP contribution in [-0.4, -0.2) is 57.8 Å². The highest BCUT2D eigenvalue weighted by atomic mass is 16.5. The zero-order valence-corrected chi connectivity index (χ0v) is 25.8. The number of ether oxygens (including phenoxy) is 5. The van der Waals surface area contributed by atoms with Gasteiger partial charge in [-0.25, -0.2) is 0 Å². The van der Waals surface area contributed by atoms with Crippen LogP contribution >= 0.6 is 0 Å². The summed E-state index contributed by atoms with van der Waals surface area (Å²) >= 11 is 0. The lowest BCUT2D eigenvalue weighted by atomic mass is 9.87. The molecule has 5 rings (SSSR count). The summed E-state index contributed by atoms with van der Waals surface area (Å²) in [5.41, 5.74) is 6.12. The van der Waals surface area contributed by atoms with E-state index in [2.05, 4.69) is 65.3 Å². The summed E-state index contributed by atoms with van der Waals surface area (Å²) in [6.07, 6.45) is 2.99. The minimum absolute atomic E-state index is 0.117.